The zero-order chi connectivity index (χ0) is 25.5. The van der Waals surface area contributed by atoms with E-state index in [0.717, 1.165) is 17.4 Å². The maximum absolute atomic E-state index is 13.7. The molecule has 2 unspecified atom stereocenters. The van der Waals surface area contributed by atoms with Gasteiger partial charge in [0.15, 0.2) is 0 Å². The van der Waals surface area contributed by atoms with Crippen LogP contribution in [-0.4, -0.2) is 67.7 Å². The summed E-state index contributed by atoms with van der Waals surface area (Å²) in [5.74, 6) is -1.31. The predicted molar refractivity (Wildman–Crippen MR) is 109 cm³/mol. The summed E-state index contributed by atoms with van der Waals surface area (Å²) in [4.78, 5) is 29.7. The van der Waals surface area contributed by atoms with Crippen molar-refractivity contribution in [1.82, 2.24) is 15.2 Å². The molecule has 2 aromatic rings. The fourth-order valence-corrected chi connectivity index (χ4v) is 5.28. The van der Waals surface area contributed by atoms with Crippen LogP contribution in [0.3, 0.4) is 0 Å². The maximum atomic E-state index is 13.7. The molecule has 2 aliphatic rings. The number of hydrogen-bond acceptors (Lipinski definition) is 7. The summed E-state index contributed by atoms with van der Waals surface area (Å²) in [6.45, 7) is -1.09. The monoisotopic (exact) mass is 527 g/mol. The second-order valence-corrected chi connectivity index (χ2v) is 8.94. The van der Waals surface area contributed by atoms with E-state index in [2.05, 4.69) is 15.0 Å². The van der Waals surface area contributed by atoms with Crippen LogP contribution < -0.4 is 10.1 Å². The molecule has 8 nitrogen and oxygen atoms in total. The summed E-state index contributed by atoms with van der Waals surface area (Å²) in [5.41, 5.74) is -1.08. The number of hydrogen-bond donors (Lipinski definition) is 1. The Morgan fingerprint density at radius 3 is 2.46 bits per heavy atom. The summed E-state index contributed by atoms with van der Waals surface area (Å²) in [6.07, 6.45) is -10.2. The first-order valence-electron chi connectivity index (χ1n) is 10.4. The van der Waals surface area contributed by atoms with E-state index in [1.165, 1.54) is 17.3 Å². The summed E-state index contributed by atoms with van der Waals surface area (Å²) >= 11 is 0.760. The highest BCUT2D eigenvalue weighted by Gasteiger charge is 2.50. The predicted octanol–water partition coefficient (Wildman–Crippen LogP) is 4.05. The number of pyridine rings is 1. The number of likely N-dealkylation sites (tertiary alicyclic amines) is 1. The van der Waals surface area contributed by atoms with Gasteiger partial charge >= 0.3 is 18.6 Å². The van der Waals surface area contributed by atoms with Gasteiger partial charge in [0.2, 0.25) is 5.88 Å². The van der Waals surface area contributed by atoms with Gasteiger partial charge in [-0.25, -0.2) is 9.78 Å². The number of halogens is 6. The number of fused-ring (bicyclic) bond motifs is 3. The van der Waals surface area contributed by atoms with Crippen LogP contribution in [-0.2, 0) is 15.7 Å². The van der Waals surface area contributed by atoms with Crippen LogP contribution in [0.15, 0.2) is 11.4 Å². The first-order chi connectivity index (χ1) is 16.4. The van der Waals surface area contributed by atoms with Gasteiger partial charge in [-0.2, -0.15) is 13.2 Å². The van der Waals surface area contributed by atoms with E-state index in [-0.39, 0.29) is 46.6 Å². The molecule has 35 heavy (non-hydrogen) atoms. The maximum Gasteiger partial charge on any atom is 0.522 e. The molecule has 3 heterocycles. The largest absolute Gasteiger partial charge is 0.522 e. The highest BCUT2D eigenvalue weighted by atomic mass is 32.1. The molecule has 1 N–H and O–H groups in total. The first-order valence-corrected chi connectivity index (χ1v) is 11.3. The molecule has 2 bridgehead atoms. The number of carbonyl (C=O) groups excluding carboxylic acids is 2. The molecule has 1 aliphatic carbocycles. The lowest BCUT2D eigenvalue weighted by Crippen LogP contribution is -2.61. The summed E-state index contributed by atoms with van der Waals surface area (Å²) in [5, 5.41) is 3.67. The average Bonchev–Trinajstić information content (AvgIpc) is 3.21. The molecule has 0 spiro atoms. The number of rotatable bonds is 6. The summed E-state index contributed by atoms with van der Waals surface area (Å²) in [6, 6.07) is 0.799. The molecule has 1 saturated heterocycles. The number of thiophene rings is 1. The van der Waals surface area contributed by atoms with Gasteiger partial charge in [0.25, 0.3) is 5.91 Å². The Kier molecular flexibility index (Phi) is 6.74. The molecule has 192 valence electrons. The third kappa shape index (κ3) is 5.39. The zero-order valence-electron chi connectivity index (χ0n) is 18.0. The van der Waals surface area contributed by atoms with Crippen LogP contribution in [0.4, 0.5) is 31.1 Å². The zero-order valence-corrected chi connectivity index (χ0v) is 18.9. The number of amides is 2. The van der Waals surface area contributed by atoms with Crippen LogP contribution >= 0.6 is 11.3 Å². The Morgan fingerprint density at radius 2 is 1.86 bits per heavy atom. The highest BCUT2D eigenvalue weighted by Crippen LogP contribution is 2.44. The van der Waals surface area contributed by atoms with Crippen molar-refractivity contribution in [2.45, 2.75) is 25.1 Å². The average molecular weight is 527 g/mol. The summed E-state index contributed by atoms with van der Waals surface area (Å²) in [7, 11) is 1.35. The van der Waals surface area contributed by atoms with Crippen molar-refractivity contribution in [3.63, 3.8) is 0 Å². The topological polar surface area (TPSA) is 90.0 Å². The Bertz CT molecular complexity index is 1110. The number of carbonyl (C=O) groups is 2. The third-order valence-electron chi connectivity index (χ3n) is 5.81. The number of nitrogens with zero attached hydrogens (tertiary/aromatic N) is 2. The molecular formula is C20H19F6N3O5S. The van der Waals surface area contributed by atoms with Gasteiger partial charge in [0.05, 0.1) is 28.0 Å². The number of alkyl halides is 6. The van der Waals surface area contributed by atoms with E-state index < -0.39 is 49.4 Å². The van der Waals surface area contributed by atoms with Crippen LogP contribution in [0, 0.1) is 11.8 Å². The van der Waals surface area contributed by atoms with Gasteiger partial charge in [0.1, 0.15) is 12.7 Å². The summed E-state index contributed by atoms with van der Waals surface area (Å²) < 4.78 is 90.9. The minimum atomic E-state index is -4.82. The molecule has 2 fully saturated rings. The van der Waals surface area contributed by atoms with Gasteiger partial charge in [-0.05, 0) is 6.42 Å². The Hall–Kier alpha value is -2.81. The normalized spacial score (nSPS) is 22.0. The van der Waals surface area contributed by atoms with Gasteiger partial charge < -0.3 is 19.7 Å². The fraction of sp³-hybridized carbons (Fsp3) is 0.550. The number of piperidine rings is 2. The minimum absolute atomic E-state index is 0.000627. The SMILES string of the molecule is CNC(=O)c1csc2c(C(F)(F)F)cc(OC3C4CC3CN(C(=O)OCCOC(F)(F)F)C4)nc12. The van der Waals surface area contributed by atoms with Gasteiger partial charge in [-0.1, -0.05) is 0 Å². The highest BCUT2D eigenvalue weighted by molar-refractivity contribution is 7.17. The van der Waals surface area contributed by atoms with Gasteiger partial charge in [-0.15, -0.1) is 24.5 Å². The molecular weight excluding hydrogens is 508 g/mol. The first kappa shape index (κ1) is 25.3. The molecule has 0 aromatic carbocycles. The Balaban J connectivity index is 1.43. The number of ether oxygens (including phenoxy) is 3. The van der Waals surface area contributed by atoms with Crippen molar-refractivity contribution in [2.24, 2.45) is 11.8 Å². The minimum Gasteiger partial charge on any atom is -0.474 e. The van der Waals surface area contributed by atoms with Crippen LogP contribution in [0.2, 0.25) is 0 Å². The van der Waals surface area contributed by atoms with E-state index in [0.29, 0.717) is 6.42 Å². The van der Waals surface area contributed by atoms with Crippen molar-refractivity contribution in [3.05, 3.63) is 22.6 Å². The van der Waals surface area contributed by atoms with E-state index in [9.17, 15) is 35.9 Å². The molecule has 15 heteroatoms. The van der Waals surface area contributed by atoms with Crippen molar-refractivity contribution >= 4 is 33.6 Å². The molecule has 2 aromatic heterocycles. The lowest BCUT2D eigenvalue weighted by molar-refractivity contribution is -0.326. The molecule has 1 aliphatic heterocycles. The van der Waals surface area contributed by atoms with Crippen molar-refractivity contribution in [1.29, 1.82) is 0 Å². The van der Waals surface area contributed by atoms with Crippen LogP contribution in [0.5, 0.6) is 5.88 Å². The second kappa shape index (κ2) is 9.33. The van der Waals surface area contributed by atoms with Crippen LogP contribution in [0.1, 0.15) is 22.3 Å². The standard InChI is InChI=1S/C20H19F6N3O5S/c1-27-17(30)11-8-35-16-12(19(21,22)23)5-13(28-14(11)16)34-15-9-4-10(15)7-29(6-9)18(31)32-2-3-33-20(24,25)26/h5,8-10,15H,2-4,6-7H2,1H3,(H,27,30). The quantitative estimate of drug-likeness (QED) is 0.451. The lowest BCUT2D eigenvalue weighted by atomic mass is 9.68. The van der Waals surface area contributed by atoms with Crippen molar-refractivity contribution in [3.8, 4) is 5.88 Å². The molecule has 0 radical (unpaired) electrons. The van der Waals surface area contributed by atoms with E-state index in [1.807, 2.05) is 0 Å². The second-order valence-electron chi connectivity index (χ2n) is 8.06. The van der Waals surface area contributed by atoms with E-state index >= 15 is 0 Å². The van der Waals surface area contributed by atoms with Crippen molar-refractivity contribution < 1.29 is 50.1 Å². The molecule has 4 rings (SSSR count). The molecule has 2 amide bonds. The number of aromatic nitrogens is 1. The number of nitrogens with one attached hydrogen (secondary N) is 1. The fourth-order valence-electron chi connectivity index (χ4n) is 4.25. The lowest BCUT2D eigenvalue weighted by Gasteiger charge is -2.52. The van der Waals surface area contributed by atoms with Crippen LogP contribution in [0.25, 0.3) is 10.2 Å². The van der Waals surface area contributed by atoms with E-state index in [4.69, 9.17) is 9.47 Å². The Morgan fingerprint density at radius 1 is 1.17 bits per heavy atom. The molecule has 1 saturated carbocycles. The smallest absolute Gasteiger partial charge is 0.474 e. The molecule has 2 atom stereocenters. The third-order valence-corrected chi connectivity index (χ3v) is 6.81. The van der Waals surface area contributed by atoms with Gasteiger partial charge in [0, 0.05) is 43.4 Å². The Labute approximate surface area is 198 Å². The van der Waals surface area contributed by atoms with Gasteiger partial charge in [-0.3, -0.25) is 9.53 Å². The van der Waals surface area contributed by atoms with E-state index in [1.54, 1.807) is 0 Å². The van der Waals surface area contributed by atoms with Crippen molar-refractivity contribution in [2.75, 3.05) is 33.4 Å².